The van der Waals surface area contributed by atoms with Crippen LogP contribution in [0.1, 0.15) is 25.8 Å². The fourth-order valence-electron chi connectivity index (χ4n) is 1.39. The number of halogens is 3. The molecule has 0 amide bonds. The van der Waals surface area contributed by atoms with Gasteiger partial charge in [0, 0.05) is 16.0 Å². The van der Waals surface area contributed by atoms with E-state index in [1.54, 1.807) is 12.1 Å². The molecule has 0 saturated carbocycles. The van der Waals surface area contributed by atoms with Crippen LogP contribution >= 0.6 is 23.2 Å². The summed E-state index contributed by atoms with van der Waals surface area (Å²) in [5.74, 6) is 0.160. The quantitative estimate of drug-likeness (QED) is 0.680. The van der Waals surface area contributed by atoms with Gasteiger partial charge in [-0.2, -0.15) is 0 Å². The molecule has 0 aliphatic rings. The molecule has 0 radical (unpaired) electrons. The maximum atomic E-state index is 13.4. The third kappa shape index (κ3) is 3.66. The predicted octanol–water partition coefficient (Wildman–Crippen LogP) is 4.68. The second kappa shape index (κ2) is 5.72. The Morgan fingerprint density at radius 1 is 1.33 bits per heavy atom. The van der Waals surface area contributed by atoms with E-state index < -0.39 is 0 Å². The first-order valence-corrected chi connectivity index (χ1v) is 5.90. The molecule has 1 unspecified atom stereocenters. The van der Waals surface area contributed by atoms with Gasteiger partial charge in [0.05, 0.1) is 0 Å². The van der Waals surface area contributed by atoms with Gasteiger partial charge < -0.3 is 0 Å². The summed E-state index contributed by atoms with van der Waals surface area (Å²) in [6.07, 6.45) is 1.34. The lowest BCUT2D eigenvalue weighted by Gasteiger charge is -2.13. The summed E-state index contributed by atoms with van der Waals surface area (Å²) in [5, 5.41) is 0.559. The molecule has 84 valence electrons. The molecule has 0 fully saturated rings. The number of hydrogen-bond donors (Lipinski definition) is 0. The second-order valence-corrected chi connectivity index (χ2v) is 4.97. The van der Waals surface area contributed by atoms with Gasteiger partial charge in [0.1, 0.15) is 5.82 Å². The maximum Gasteiger partial charge on any atom is 0.127 e. The van der Waals surface area contributed by atoms with Crippen molar-refractivity contribution in [2.45, 2.75) is 32.1 Å². The Morgan fingerprint density at radius 3 is 2.53 bits per heavy atom. The van der Waals surface area contributed by atoms with Gasteiger partial charge in [-0.3, -0.25) is 0 Å². The molecule has 15 heavy (non-hydrogen) atoms. The van der Waals surface area contributed by atoms with Crippen molar-refractivity contribution in [1.82, 2.24) is 0 Å². The highest BCUT2D eigenvalue weighted by molar-refractivity contribution is 6.31. The number of hydrogen-bond acceptors (Lipinski definition) is 0. The molecule has 0 N–H and O–H groups in total. The zero-order valence-electron chi connectivity index (χ0n) is 8.93. The van der Waals surface area contributed by atoms with Crippen LogP contribution in [0.4, 0.5) is 4.39 Å². The lowest BCUT2D eigenvalue weighted by Crippen LogP contribution is -2.09. The Hall–Kier alpha value is -0.270. The molecule has 0 nitrogen and oxygen atoms in total. The number of alkyl halides is 1. The van der Waals surface area contributed by atoms with Crippen molar-refractivity contribution < 1.29 is 4.39 Å². The van der Waals surface area contributed by atoms with Gasteiger partial charge in [-0.1, -0.05) is 31.5 Å². The second-order valence-electron chi connectivity index (χ2n) is 4.00. The van der Waals surface area contributed by atoms with E-state index in [0.29, 0.717) is 22.9 Å². The van der Waals surface area contributed by atoms with E-state index >= 15 is 0 Å². The summed E-state index contributed by atoms with van der Waals surface area (Å²) in [6.45, 7) is 4.11. The van der Waals surface area contributed by atoms with Crippen LogP contribution < -0.4 is 0 Å². The Balaban J connectivity index is 2.65. The third-order valence-electron chi connectivity index (χ3n) is 2.46. The molecule has 0 saturated heterocycles. The minimum Gasteiger partial charge on any atom is -0.207 e. The Kier molecular flexibility index (Phi) is 4.88. The minimum atomic E-state index is -0.241. The smallest absolute Gasteiger partial charge is 0.127 e. The molecule has 0 aliphatic carbocycles. The van der Waals surface area contributed by atoms with Gasteiger partial charge in [0.25, 0.3) is 0 Å². The fourth-order valence-corrected chi connectivity index (χ4v) is 1.75. The van der Waals surface area contributed by atoms with Crippen LogP contribution in [0.25, 0.3) is 0 Å². The number of rotatable bonds is 4. The molecule has 1 rings (SSSR count). The average Bonchev–Trinajstić information content (AvgIpc) is 2.16. The van der Waals surface area contributed by atoms with Crippen molar-refractivity contribution in [3.63, 3.8) is 0 Å². The van der Waals surface area contributed by atoms with Gasteiger partial charge in [-0.15, -0.1) is 11.6 Å². The normalized spacial score (nSPS) is 13.2. The Morgan fingerprint density at radius 2 is 2.00 bits per heavy atom. The first-order valence-electron chi connectivity index (χ1n) is 5.09. The summed E-state index contributed by atoms with van der Waals surface area (Å²) in [6, 6.07) is 4.75. The van der Waals surface area contributed by atoms with Gasteiger partial charge in [0.15, 0.2) is 0 Å². The molecule has 0 bridgehead atoms. The third-order valence-corrected chi connectivity index (χ3v) is 3.53. The molecule has 1 atom stereocenters. The molecule has 0 aromatic heterocycles. The molecule has 0 spiro atoms. The van der Waals surface area contributed by atoms with Crippen LogP contribution in [0.3, 0.4) is 0 Å². The summed E-state index contributed by atoms with van der Waals surface area (Å²) in [4.78, 5) is 0. The van der Waals surface area contributed by atoms with Gasteiger partial charge in [-0.25, -0.2) is 4.39 Å². The van der Waals surface area contributed by atoms with Crippen LogP contribution in [0, 0.1) is 11.7 Å². The summed E-state index contributed by atoms with van der Waals surface area (Å²) >= 11 is 12.0. The molecule has 1 aromatic carbocycles. The van der Waals surface area contributed by atoms with Crippen LogP contribution in [-0.2, 0) is 6.42 Å². The van der Waals surface area contributed by atoms with Gasteiger partial charge in [-0.05, 0) is 30.9 Å². The van der Waals surface area contributed by atoms with E-state index in [2.05, 4.69) is 13.8 Å². The van der Waals surface area contributed by atoms with Crippen molar-refractivity contribution >= 4 is 23.2 Å². The van der Waals surface area contributed by atoms with Crippen molar-refractivity contribution in [2.24, 2.45) is 5.92 Å². The van der Waals surface area contributed by atoms with E-state index in [0.717, 1.165) is 6.42 Å². The molecule has 1 aromatic rings. The van der Waals surface area contributed by atoms with Crippen molar-refractivity contribution in [1.29, 1.82) is 0 Å². The fraction of sp³-hybridized carbons (Fsp3) is 0.500. The molecule has 0 heterocycles. The average molecular weight is 249 g/mol. The van der Waals surface area contributed by atoms with E-state index in [9.17, 15) is 4.39 Å². The van der Waals surface area contributed by atoms with E-state index in [-0.39, 0.29) is 11.2 Å². The highest BCUT2D eigenvalue weighted by Crippen LogP contribution is 2.23. The van der Waals surface area contributed by atoms with E-state index in [1.165, 1.54) is 6.07 Å². The topological polar surface area (TPSA) is 0 Å². The van der Waals surface area contributed by atoms with Crippen molar-refractivity contribution in [3.8, 4) is 0 Å². The Labute approximate surface area is 100 Å². The Bertz CT molecular complexity index is 303. The van der Waals surface area contributed by atoms with Gasteiger partial charge >= 0.3 is 0 Å². The highest BCUT2D eigenvalue weighted by atomic mass is 35.5. The van der Waals surface area contributed by atoms with Crippen LogP contribution in [0.2, 0.25) is 5.02 Å². The van der Waals surface area contributed by atoms with E-state index in [4.69, 9.17) is 23.2 Å². The molecular weight excluding hydrogens is 234 g/mol. The SMILES string of the molecule is CC(C)C(Cl)CCc1c(F)cccc1Cl. The summed E-state index contributed by atoms with van der Waals surface area (Å²) < 4.78 is 13.4. The zero-order chi connectivity index (χ0) is 11.4. The largest absolute Gasteiger partial charge is 0.207 e. The first-order chi connectivity index (χ1) is 7.02. The van der Waals surface area contributed by atoms with Crippen molar-refractivity contribution in [3.05, 3.63) is 34.6 Å². The molecular formula is C12H15Cl2F. The predicted molar refractivity (Wildman–Crippen MR) is 64.2 cm³/mol. The highest BCUT2D eigenvalue weighted by Gasteiger charge is 2.12. The number of benzene rings is 1. The van der Waals surface area contributed by atoms with Crippen LogP contribution in [0.5, 0.6) is 0 Å². The lowest BCUT2D eigenvalue weighted by atomic mass is 10.0. The standard InChI is InChI=1S/C12H15Cl2F/c1-8(2)10(13)7-6-9-11(14)4-3-5-12(9)15/h3-5,8,10H,6-7H2,1-2H3. The lowest BCUT2D eigenvalue weighted by molar-refractivity contribution is 0.550. The monoisotopic (exact) mass is 248 g/mol. The maximum absolute atomic E-state index is 13.4. The summed E-state index contributed by atoms with van der Waals surface area (Å²) in [7, 11) is 0. The molecule has 3 heteroatoms. The summed E-state index contributed by atoms with van der Waals surface area (Å²) in [5.41, 5.74) is 0.575. The van der Waals surface area contributed by atoms with Gasteiger partial charge in [0.2, 0.25) is 0 Å². The van der Waals surface area contributed by atoms with E-state index in [1.807, 2.05) is 0 Å². The zero-order valence-corrected chi connectivity index (χ0v) is 10.4. The first kappa shape index (κ1) is 12.8. The minimum absolute atomic E-state index is 0.0701. The molecule has 0 aliphatic heterocycles. The van der Waals surface area contributed by atoms with Crippen molar-refractivity contribution in [2.75, 3.05) is 0 Å². The van der Waals surface area contributed by atoms with Crippen LogP contribution in [-0.4, -0.2) is 5.38 Å². The van der Waals surface area contributed by atoms with Crippen LogP contribution in [0.15, 0.2) is 18.2 Å².